The Bertz CT molecular complexity index is 900. The second-order valence-corrected chi connectivity index (χ2v) is 7.53. The van der Waals surface area contributed by atoms with Gasteiger partial charge in [-0.1, -0.05) is 18.2 Å². The van der Waals surface area contributed by atoms with Crippen molar-refractivity contribution in [3.05, 3.63) is 36.0 Å². The molecule has 0 unspecified atom stereocenters. The van der Waals surface area contributed by atoms with Gasteiger partial charge < -0.3 is 19.5 Å². The molecule has 2 saturated heterocycles. The Morgan fingerprint density at radius 2 is 1.86 bits per heavy atom. The summed E-state index contributed by atoms with van der Waals surface area (Å²) >= 11 is 0. The van der Waals surface area contributed by atoms with E-state index in [1.807, 2.05) is 24.3 Å². The van der Waals surface area contributed by atoms with Crippen molar-refractivity contribution in [2.45, 2.75) is 19.8 Å². The number of ether oxygens (including phenoxy) is 1. The first-order valence-corrected chi connectivity index (χ1v) is 9.89. The third-order valence-electron chi connectivity index (χ3n) is 5.69. The van der Waals surface area contributed by atoms with E-state index in [9.17, 15) is 14.4 Å². The number of aromatic amines is 1. The fourth-order valence-corrected chi connectivity index (χ4v) is 4.11. The standard InChI is InChI=1S/C21H25N3O4/c1-2-28-21(27)14-6-5-9-23(11-14)19(25)15-12-24(13-15)20(26)17-10-22-18-8-4-3-7-16(17)18/h3-4,7-8,10,14-15,22H,2,5-6,9,11-13H2,1H3/t14-/m1/s1. The average molecular weight is 383 g/mol. The van der Waals surface area contributed by atoms with E-state index in [4.69, 9.17) is 4.74 Å². The van der Waals surface area contributed by atoms with Gasteiger partial charge in [0.25, 0.3) is 5.91 Å². The zero-order valence-corrected chi connectivity index (χ0v) is 16.0. The molecule has 4 rings (SSSR count). The number of esters is 1. The van der Waals surface area contributed by atoms with Crippen molar-refractivity contribution in [3.63, 3.8) is 0 Å². The van der Waals surface area contributed by atoms with Crippen LogP contribution in [0.1, 0.15) is 30.1 Å². The van der Waals surface area contributed by atoms with Crippen LogP contribution in [0.3, 0.4) is 0 Å². The number of fused-ring (bicyclic) bond motifs is 1. The number of carbonyl (C=O) groups excluding carboxylic acids is 3. The molecule has 0 saturated carbocycles. The number of hydrogen-bond donors (Lipinski definition) is 1. The smallest absolute Gasteiger partial charge is 0.310 e. The third-order valence-corrected chi connectivity index (χ3v) is 5.69. The molecule has 2 aliphatic rings. The number of H-pyrrole nitrogens is 1. The number of nitrogens with one attached hydrogen (secondary N) is 1. The summed E-state index contributed by atoms with van der Waals surface area (Å²) in [4.78, 5) is 44.2. The van der Waals surface area contributed by atoms with Crippen LogP contribution in [-0.4, -0.2) is 65.4 Å². The van der Waals surface area contributed by atoms with E-state index in [0.29, 0.717) is 38.3 Å². The second-order valence-electron chi connectivity index (χ2n) is 7.53. The fraction of sp³-hybridized carbons (Fsp3) is 0.476. The van der Waals surface area contributed by atoms with Gasteiger partial charge in [-0.3, -0.25) is 14.4 Å². The maximum absolute atomic E-state index is 12.8. The van der Waals surface area contributed by atoms with Gasteiger partial charge >= 0.3 is 5.97 Å². The van der Waals surface area contributed by atoms with Gasteiger partial charge in [-0.25, -0.2) is 0 Å². The minimum absolute atomic E-state index is 0.0389. The van der Waals surface area contributed by atoms with Crippen molar-refractivity contribution in [1.29, 1.82) is 0 Å². The van der Waals surface area contributed by atoms with Crippen LogP contribution < -0.4 is 0 Å². The lowest BCUT2D eigenvalue weighted by Gasteiger charge is -2.42. The zero-order chi connectivity index (χ0) is 19.7. The summed E-state index contributed by atoms with van der Waals surface area (Å²) in [5.41, 5.74) is 1.57. The highest BCUT2D eigenvalue weighted by molar-refractivity contribution is 6.07. The Morgan fingerprint density at radius 3 is 2.64 bits per heavy atom. The van der Waals surface area contributed by atoms with E-state index in [1.165, 1.54) is 0 Å². The molecule has 0 aliphatic carbocycles. The van der Waals surface area contributed by atoms with Crippen LogP contribution in [0.5, 0.6) is 0 Å². The largest absolute Gasteiger partial charge is 0.466 e. The number of hydrogen-bond acceptors (Lipinski definition) is 4. The summed E-state index contributed by atoms with van der Waals surface area (Å²) < 4.78 is 5.10. The molecule has 28 heavy (non-hydrogen) atoms. The maximum Gasteiger partial charge on any atom is 0.310 e. The molecule has 2 aliphatic heterocycles. The van der Waals surface area contributed by atoms with E-state index in [-0.39, 0.29) is 29.6 Å². The van der Waals surface area contributed by atoms with Crippen molar-refractivity contribution >= 4 is 28.7 Å². The summed E-state index contributed by atoms with van der Waals surface area (Å²) in [5, 5.41) is 0.899. The normalized spacial score (nSPS) is 20.1. The topological polar surface area (TPSA) is 82.7 Å². The minimum Gasteiger partial charge on any atom is -0.466 e. The van der Waals surface area contributed by atoms with Gasteiger partial charge in [0.05, 0.1) is 24.0 Å². The Kier molecular flexibility index (Phi) is 5.07. The molecule has 0 radical (unpaired) electrons. The van der Waals surface area contributed by atoms with Crippen LogP contribution in [0.15, 0.2) is 30.5 Å². The summed E-state index contributed by atoms with van der Waals surface area (Å²) in [6.07, 6.45) is 3.30. The molecule has 1 N–H and O–H groups in total. The van der Waals surface area contributed by atoms with Gasteiger partial charge in [-0.15, -0.1) is 0 Å². The van der Waals surface area contributed by atoms with Crippen LogP contribution in [0.25, 0.3) is 10.9 Å². The van der Waals surface area contributed by atoms with Gasteiger partial charge in [0.2, 0.25) is 5.91 Å². The first kappa shape index (κ1) is 18.5. The SMILES string of the molecule is CCOC(=O)[C@@H]1CCCN(C(=O)C2CN(C(=O)c3c[nH]c4ccccc34)C2)C1. The van der Waals surface area contributed by atoms with Gasteiger partial charge in [0.1, 0.15) is 0 Å². The van der Waals surface area contributed by atoms with Crippen LogP contribution in [0.2, 0.25) is 0 Å². The van der Waals surface area contributed by atoms with E-state index in [1.54, 1.807) is 22.9 Å². The van der Waals surface area contributed by atoms with Gasteiger partial charge in [0, 0.05) is 43.3 Å². The van der Waals surface area contributed by atoms with Gasteiger partial charge in [-0.05, 0) is 25.8 Å². The summed E-state index contributed by atoms with van der Waals surface area (Å²) in [6.45, 7) is 4.09. The molecule has 0 spiro atoms. The van der Waals surface area contributed by atoms with E-state index in [0.717, 1.165) is 23.7 Å². The highest BCUT2D eigenvalue weighted by Crippen LogP contribution is 2.27. The summed E-state index contributed by atoms with van der Waals surface area (Å²) in [5.74, 6) is -0.650. The lowest BCUT2D eigenvalue weighted by molar-refractivity contribution is -0.152. The number of benzene rings is 1. The van der Waals surface area contributed by atoms with E-state index >= 15 is 0 Å². The molecule has 2 amide bonds. The number of rotatable bonds is 4. The van der Waals surface area contributed by atoms with Crippen molar-refractivity contribution < 1.29 is 19.1 Å². The predicted octanol–water partition coefficient (Wildman–Crippen LogP) is 2.04. The Labute approximate surface area is 163 Å². The van der Waals surface area contributed by atoms with Crippen molar-refractivity contribution in [3.8, 4) is 0 Å². The van der Waals surface area contributed by atoms with E-state index < -0.39 is 0 Å². The van der Waals surface area contributed by atoms with Crippen molar-refractivity contribution in [2.24, 2.45) is 11.8 Å². The molecule has 1 atom stereocenters. The van der Waals surface area contributed by atoms with Crippen LogP contribution in [0.4, 0.5) is 0 Å². The van der Waals surface area contributed by atoms with Crippen molar-refractivity contribution in [1.82, 2.24) is 14.8 Å². The Hall–Kier alpha value is -2.83. The molecule has 2 fully saturated rings. The number of piperidine rings is 1. The van der Waals surface area contributed by atoms with E-state index in [2.05, 4.69) is 4.98 Å². The predicted molar refractivity (Wildman–Crippen MR) is 104 cm³/mol. The van der Waals surface area contributed by atoms with Crippen molar-refractivity contribution in [2.75, 3.05) is 32.8 Å². The number of aromatic nitrogens is 1. The highest BCUT2D eigenvalue weighted by Gasteiger charge is 2.40. The zero-order valence-electron chi connectivity index (χ0n) is 16.0. The summed E-state index contributed by atoms with van der Waals surface area (Å²) in [7, 11) is 0. The Morgan fingerprint density at radius 1 is 1.11 bits per heavy atom. The Balaban J connectivity index is 1.35. The second kappa shape index (κ2) is 7.66. The lowest BCUT2D eigenvalue weighted by Crippen LogP contribution is -2.57. The monoisotopic (exact) mass is 383 g/mol. The molecule has 7 heteroatoms. The molecule has 7 nitrogen and oxygen atoms in total. The molecule has 2 aromatic rings. The molecule has 0 bridgehead atoms. The molecule has 1 aromatic heterocycles. The number of carbonyl (C=O) groups is 3. The lowest BCUT2D eigenvalue weighted by atomic mass is 9.93. The number of likely N-dealkylation sites (tertiary alicyclic amines) is 2. The third kappa shape index (κ3) is 3.37. The highest BCUT2D eigenvalue weighted by atomic mass is 16.5. The van der Waals surface area contributed by atoms with Gasteiger partial charge in [0.15, 0.2) is 0 Å². The number of amides is 2. The van der Waals surface area contributed by atoms with Crippen LogP contribution in [-0.2, 0) is 14.3 Å². The number of nitrogens with zero attached hydrogens (tertiary/aromatic N) is 2. The molecule has 1 aromatic carbocycles. The summed E-state index contributed by atoms with van der Waals surface area (Å²) in [6, 6.07) is 7.69. The van der Waals surface area contributed by atoms with Crippen LogP contribution in [0, 0.1) is 11.8 Å². The molecule has 3 heterocycles. The molecular weight excluding hydrogens is 358 g/mol. The quantitative estimate of drug-likeness (QED) is 0.819. The number of para-hydroxylation sites is 1. The fourth-order valence-electron chi connectivity index (χ4n) is 4.11. The molecular formula is C21H25N3O4. The molecule has 148 valence electrons. The van der Waals surface area contributed by atoms with Crippen LogP contribution >= 0.6 is 0 Å². The maximum atomic E-state index is 12.8. The average Bonchev–Trinajstić information content (AvgIpc) is 3.11. The first-order valence-electron chi connectivity index (χ1n) is 9.89. The van der Waals surface area contributed by atoms with Gasteiger partial charge in [-0.2, -0.15) is 0 Å². The first-order chi connectivity index (χ1) is 13.6. The minimum atomic E-state index is -0.235.